The van der Waals surface area contributed by atoms with E-state index in [1.165, 1.54) is 63.9 Å². The van der Waals surface area contributed by atoms with Crippen LogP contribution in [0.25, 0.3) is 10.8 Å². The summed E-state index contributed by atoms with van der Waals surface area (Å²) in [7, 11) is -4.12. The number of aliphatic hydroxyl groups excluding tert-OH is 1. The van der Waals surface area contributed by atoms with Crippen molar-refractivity contribution in [3.63, 3.8) is 0 Å². The zero-order valence-electron chi connectivity index (χ0n) is 23.8. The Balaban J connectivity index is 1.51. The molecule has 0 bridgehead atoms. The van der Waals surface area contributed by atoms with Gasteiger partial charge in [-0.15, -0.1) is 0 Å². The number of aliphatic hydroxyl groups is 1. The number of nitrogens with one attached hydrogen (secondary N) is 1. The van der Waals surface area contributed by atoms with Gasteiger partial charge in [-0.3, -0.25) is 4.79 Å². The van der Waals surface area contributed by atoms with Crippen molar-refractivity contribution < 1.29 is 23.1 Å². The highest BCUT2D eigenvalue weighted by Gasteiger charge is 2.34. The molecule has 0 fully saturated rings. The molecule has 0 aliphatic rings. The van der Waals surface area contributed by atoms with Gasteiger partial charge in [-0.25, -0.2) is 8.42 Å². The Kier molecular flexibility index (Phi) is 13.6. The number of carbonyl (C=O) groups is 1. The average Bonchev–Trinajstić information content (AvgIpc) is 2.98. The molecule has 0 saturated heterocycles. The van der Waals surface area contributed by atoms with E-state index in [9.17, 15) is 18.3 Å². The normalized spacial score (nSPS) is 13.2. The lowest BCUT2D eigenvalue weighted by Crippen LogP contribution is -2.46. The van der Waals surface area contributed by atoms with Crippen molar-refractivity contribution >= 4 is 26.8 Å². The van der Waals surface area contributed by atoms with Crippen LogP contribution in [0.3, 0.4) is 0 Å². The van der Waals surface area contributed by atoms with E-state index in [0.717, 1.165) is 23.6 Å². The van der Waals surface area contributed by atoms with Gasteiger partial charge in [-0.1, -0.05) is 138 Å². The molecule has 40 heavy (non-hydrogen) atoms. The van der Waals surface area contributed by atoms with Gasteiger partial charge in [-0.2, -0.15) is 4.72 Å². The van der Waals surface area contributed by atoms with Gasteiger partial charge in [0.25, 0.3) is 0 Å². The first-order chi connectivity index (χ1) is 19.4. The van der Waals surface area contributed by atoms with Crippen LogP contribution in [-0.2, 0) is 19.6 Å². The third kappa shape index (κ3) is 10.3. The molecule has 0 aliphatic carbocycles. The van der Waals surface area contributed by atoms with E-state index in [-0.39, 0.29) is 11.5 Å². The first kappa shape index (κ1) is 31.8. The zero-order chi connectivity index (χ0) is 28.6. The van der Waals surface area contributed by atoms with Gasteiger partial charge < -0.3 is 9.84 Å². The average molecular weight is 568 g/mol. The minimum Gasteiger partial charge on any atom is -0.464 e. The highest BCUT2D eigenvalue weighted by Crippen LogP contribution is 2.23. The molecule has 3 rings (SSSR count). The standard InChI is InChI=1S/C33H45NO5S/c1-2-3-4-5-6-7-8-9-10-11-12-18-25-39-33(36)31(32(35)28-20-14-13-15-21-28)34-40(37,38)30-24-23-27-19-16-17-22-29(27)26-30/h13-17,19-24,26,31-32,34-35H,2-12,18,25H2,1H3/t31-,32-/m1/s1. The summed E-state index contributed by atoms with van der Waals surface area (Å²) in [5.41, 5.74) is 0.427. The lowest BCUT2D eigenvalue weighted by Gasteiger charge is -2.23. The molecule has 0 heterocycles. The third-order valence-corrected chi connectivity index (χ3v) is 8.71. The monoisotopic (exact) mass is 567 g/mol. The molecule has 3 aromatic rings. The van der Waals surface area contributed by atoms with Crippen LogP contribution in [-0.4, -0.2) is 32.1 Å². The lowest BCUT2D eigenvalue weighted by atomic mass is 10.0. The summed E-state index contributed by atoms with van der Waals surface area (Å²) >= 11 is 0. The van der Waals surface area contributed by atoms with Crippen molar-refractivity contribution in [2.45, 2.75) is 101 Å². The van der Waals surface area contributed by atoms with E-state index in [0.29, 0.717) is 12.0 Å². The van der Waals surface area contributed by atoms with Gasteiger partial charge in [0.2, 0.25) is 10.0 Å². The van der Waals surface area contributed by atoms with Crippen molar-refractivity contribution in [3.8, 4) is 0 Å². The largest absolute Gasteiger partial charge is 0.464 e. The number of esters is 1. The van der Waals surface area contributed by atoms with Crippen LogP contribution in [0.5, 0.6) is 0 Å². The number of sulfonamides is 1. The molecule has 2 atom stereocenters. The van der Waals surface area contributed by atoms with E-state index < -0.39 is 28.1 Å². The summed E-state index contributed by atoms with van der Waals surface area (Å²) in [6, 6.07) is 19.3. The fraction of sp³-hybridized carbons (Fsp3) is 0.485. The molecule has 7 heteroatoms. The number of carbonyl (C=O) groups excluding carboxylic acids is 1. The van der Waals surface area contributed by atoms with Gasteiger partial charge >= 0.3 is 5.97 Å². The van der Waals surface area contributed by atoms with Crippen LogP contribution in [0.1, 0.15) is 95.6 Å². The van der Waals surface area contributed by atoms with Gasteiger partial charge in [-0.05, 0) is 34.9 Å². The number of rotatable bonds is 19. The summed E-state index contributed by atoms with van der Waals surface area (Å²) in [5.74, 6) is -0.788. The number of ether oxygens (including phenoxy) is 1. The van der Waals surface area contributed by atoms with Crippen molar-refractivity contribution in [1.82, 2.24) is 4.72 Å². The van der Waals surface area contributed by atoms with Crippen LogP contribution in [0, 0.1) is 0 Å². The second-order valence-electron chi connectivity index (χ2n) is 10.5. The minimum atomic E-state index is -4.12. The summed E-state index contributed by atoms with van der Waals surface area (Å²) in [6.07, 6.45) is 13.0. The van der Waals surface area contributed by atoms with E-state index in [2.05, 4.69) is 11.6 Å². The Morgan fingerprint density at radius 1 is 0.750 bits per heavy atom. The molecule has 0 radical (unpaired) electrons. The summed E-state index contributed by atoms with van der Waals surface area (Å²) in [5, 5.41) is 12.7. The van der Waals surface area contributed by atoms with Gasteiger partial charge in [0.1, 0.15) is 12.1 Å². The molecular weight excluding hydrogens is 522 g/mol. The Hall–Kier alpha value is -2.74. The van der Waals surface area contributed by atoms with E-state index in [1.54, 1.807) is 42.5 Å². The van der Waals surface area contributed by atoms with Gasteiger partial charge in [0, 0.05) is 0 Å². The van der Waals surface area contributed by atoms with E-state index >= 15 is 0 Å². The molecular formula is C33H45NO5S. The molecule has 218 valence electrons. The molecule has 0 spiro atoms. The number of unbranched alkanes of at least 4 members (excludes halogenated alkanes) is 11. The molecule has 6 nitrogen and oxygen atoms in total. The van der Waals surface area contributed by atoms with Crippen molar-refractivity contribution in [3.05, 3.63) is 78.4 Å². The minimum absolute atomic E-state index is 0.0187. The molecule has 0 amide bonds. The predicted molar refractivity (Wildman–Crippen MR) is 161 cm³/mol. The Morgan fingerprint density at radius 3 is 1.93 bits per heavy atom. The van der Waals surface area contributed by atoms with Gasteiger partial charge in [0.15, 0.2) is 0 Å². The maximum atomic E-state index is 13.3. The van der Waals surface area contributed by atoms with Crippen LogP contribution in [0.4, 0.5) is 0 Å². The quantitative estimate of drug-likeness (QED) is 0.116. The molecule has 0 saturated carbocycles. The summed E-state index contributed by atoms with van der Waals surface area (Å²) < 4.78 is 34.5. The zero-order valence-corrected chi connectivity index (χ0v) is 24.6. The van der Waals surface area contributed by atoms with Gasteiger partial charge in [0.05, 0.1) is 11.5 Å². The molecule has 2 N–H and O–H groups in total. The molecule has 3 aromatic carbocycles. The number of hydrogen-bond donors (Lipinski definition) is 2. The fourth-order valence-electron chi connectivity index (χ4n) is 4.86. The maximum Gasteiger partial charge on any atom is 0.327 e. The summed E-state index contributed by atoms with van der Waals surface area (Å²) in [4.78, 5) is 13.1. The van der Waals surface area contributed by atoms with Crippen LogP contribution in [0.15, 0.2) is 77.7 Å². The number of hydrogen-bond acceptors (Lipinski definition) is 5. The Bertz CT molecular complexity index is 1260. The highest BCUT2D eigenvalue weighted by atomic mass is 32.2. The smallest absolute Gasteiger partial charge is 0.327 e. The maximum absolute atomic E-state index is 13.3. The molecule has 0 unspecified atom stereocenters. The second kappa shape index (κ2) is 17.2. The Labute approximate surface area is 240 Å². The van der Waals surface area contributed by atoms with Crippen molar-refractivity contribution in [2.75, 3.05) is 6.61 Å². The summed E-state index contributed by atoms with van der Waals surface area (Å²) in [6.45, 7) is 2.42. The predicted octanol–water partition coefficient (Wildman–Crippen LogP) is 7.46. The van der Waals surface area contributed by atoms with Crippen LogP contribution < -0.4 is 4.72 Å². The van der Waals surface area contributed by atoms with E-state index in [1.807, 2.05) is 24.3 Å². The SMILES string of the molecule is CCCCCCCCCCCCCCOC(=O)[C@H](NS(=O)(=O)c1ccc2ccccc2c1)[C@H](O)c1ccccc1. The van der Waals surface area contributed by atoms with Crippen molar-refractivity contribution in [1.29, 1.82) is 0 Å². The number of benzene rings is 3. The topological polar surface area (TPSA) is 92.7 Å². The van der Waals surface area contributed by atoms with Crippen molar-refractivity contribution in [2.24, 2.45) is 0 Å². The van der Waals surface area contributed by atoms with E-state index in [4.69, 9.17) is 4.74 Å². The molecule has 0 aromatic heterocycles. The third-order valence-electron chi connectivity index (χ3n) is 7.27. The lowest BCUT2D eigenvalue weighted by molar-refractivity contribution is -0.148. The molecule has 0 aliphatic heterocycles. The first-order valence-electron chi connectivity index (χ1n) is 14.8. The Morgan fingerprint density at radius 2 is 1.30 bits per heavy atom. The number of fused-ring (bicyclic) bond motifs is 1. The van der Waals surface area contributed by atoms with Crippen LogP contribution >= 0.6 is 0 Å². The highest BCUT2D eigenvalue weighted by molar-refractivity contribution is 7.89. The second-order valence-corrected chi connectivity index (χ2v) is 12.2. The van der Waals surface area contributed by atoms with Crippen LogP contribution in [0.2, 0.25) is 0 Å². The first-order valence-corrected chi connectivity index (χ1v) is 16.3. The fourth-order valence-corrected chi connectivity index (χ4v) is 6.08.